The summed E-state index contributed by atoms with van der Waals surface area (Å²) in [7, 11) is 0. The zero-order valence-corrected chi connectivity index (χ0v) is 11.1. The minimum atomic E-state index is -0.768. The minimum Gasteiger partial charge on any atom is -0.480 e. The molecule has 102 valence electrons. The normalized spacial score (nSPS) is 18.5. The van der Waals surface area contributed by atoms with Crippen molar-refractivity contribution in [1.29, 1.82) is 0 Å². The average molecular weight is 268 g/mol. The molecule has 4 heteroatoms. The van der Waals surface area contributed by atoms with Gasteiger partial charge in [-0.15, -0.1) is 0 Å². The highest BCUT2D eigenvalue weighted by molar-refractivity contribution is 5.74. The van der Waals surface area contributed by atoms with Gasteiger partial charge in [-0.05, 0) is 29.7 Å². The van der Waals surface area contributed by atoms with E-state index in [1.54, 1.807) is 6.20 Å². The minimum absolute atomic E-state index is 0.480. The van der Waals surface area contributed by atoms with Crippen LogP contribution in [0.2, 0.25) is 0 Å². The second-order valence-electron chi connectivity index (χ2n) is 5.05. The Morgan fingerprint density at radius 1 is 1.20 bits per heavy atom. The largest absolute Gasteiger partial charge is 0.480 e. The Kier molecular flexibility index (Phi) is 3.48. The Hall–Kier alpha value is -2.20. The summed E-state index contributed by atoms with van der Waals surface area (Å²) in [6, 6.07) is 13.3. The molecule has 4 nitrogen and oxygen atoms in total. The molecule has 3 rings (SSSR count). The van der Waals surface area contributed by atoms with Crippen molar-refractivity contribution in [1.82, 2.24) is 9.88 Å². The lowest BCUT2D eigenvalue weighted by Gasteiger charge is -2.34. The van der Waals surface area contributed by atoms with Crippen LogP contribution >= 0.6 is 0 Å². The van der Waals surface area contributed by atoms with Gasteiger partial charge in [0.2, 0.25) is 0 Å². The lowest BCUT2D eigenvalue weighted by Crippen LogP contribution is -2.45. The van der Waals surface area contributed by atoms with E-state index in [1.807, 2.05) is 41.3 Å². The van der Waals surface area contributed by atoms with Gasteiger partial charge in [0.05, 0.1) is 5.69 Å². The van der Waals surface area contributed by atoms with Crippen LogP contribution in [0.15, 0.2) is 48.7 Å². The van der Waals surface area contributed by atoms with Crippen LogP contribution in [0, 0.1) is 0 Å². The number of rotatable bonds is 3. The summed E-state index contributed by atoms with van der Waals surface area (Å²) in [5, 5.41) is 9.45. The fourth-order valence-corrected chi connectivity index (χ4v) is 2.69. The molecule has 0 amide bonds. The highest BCUT2D eigenvalue weighted by atomic mass is 16.4. The summed E-state index contributed by atoms with van der Waals surface area (Å²) in [6.07, 6.45) is 2.29. The maximum absolute atomic E-state index is 11.5. The van der Waals surface area contributed by atoms with Crippen molar-refractivity contribution in [3.05, 3.63) is 65.5 Å². The van der Waals surface area contributed by atoms with Crippen LogP contribution in [0.4, 0.5) is 0 Å². The van der Waals surface area contributed by atoms with E-state index < -0.39 is 12.0 Å². The van der Waals surface area contributed by atoms with Crippen LogP contribution in [0.1, 0.15) is 16.8 Å². The molecular formula is C16H16N2O2. The summed E-state index contributed by atoms with van der Waals surface area (Å²) >= 11 is 0. The number of pyridine rings is 1. The van der Waals surface area contributed by atoms with Crippen molar-refractivity contribution >= 4 is 5.97 Å². The molecule has 1 aliphatic rings. The first-order valence-electron chi connectivity index (χ1n) is 6.67. The predicted octanol–water partition coefficient (Wildman–Crippen LogP) is 2.09. The molecule has 0 saturated carbocycles. The molecule has 1 atom stereocenters. The average Bonchev–Trinajstić information content (AvgIpc) is 2.47. The van der Waals surface area contributed by atoms with Gasteiger partial charge in [-0.2, -0.15) is 0 Å². The first-order chi connectivity index (χ1) is 9.74. The smallest absolute Gasteiger partial charge is 0.321 e. The molecule has 2 heterocycles. The summed E-state index contributed by atoms with van der Waals surface area (Å²) < 4.78 is 0. The molecule has 0 unspecified atom stereocenters. The lowest BCUT2D eigenvalue weighted by atomic mass is 9.94. The van der Waals surface area contributed by atoms with E-state index in [0.717, 1.165) is 11.3 Å². The predicted molar refractivity (Wildman–Crippen MR) is 75.1 cm³/mol. The second-order valence-corrected chi connectivity index (χ2v) is 5.05. The Morgan fingerprint density at radius 2 is 1.95 bits per heavy atom. The van der Waals surface area contributed by atoms with E-state index in [0.29, 0.717) is 19.5 Å². The fourth-order valence-electron chi connectivity index (χ4n) is 2.69. The van der Waals surface area contributed by atoms with E-state index in [4.69, 9.17) is 0 Å². The van der Waals surface area contributed by atoms with Gasteiger partial charge in [-0.1, -0.05) is 30.3 Å². The molecule has 2 aromatic rings. The van der Waals surface area contributed by atoms with Crippen molar-refractivity contribution in [2.45, 2.75) is 25.6 Å². The van der Waals surface area contributed by atoms with Crippen molar-refractivity contribution in [3.63, 3.8) is 0 Å². The van der Waals surface area contributed by atoms with Gasteiger partial charge in [0, 0.05) is 19.3 Å². The third-order valence-electron chi connectivity index (χ3n) is 3.72. The van der Waals surface area contributed by atoms with Gasteiger partial charge in [0.15, 0.2) is 0 Å². The quantitative estimate of drug-likeness (QED) is 0.926. The van der Waals surface area contributed by atoms with Crippen molar-refractivity contribution in [2.24, 2.45) is 0 Å². The molecule has 1 aliphatic heterocycles. The third kappa shape index (κ3) is 2.56. The van der Waals surface area contributed by atoms with Gasteiger partial charge >= 0.3 is 5.97 Å². The molecule has 1 aromatic heterocycles. The highest BCUT2D eigenvalue weighted by Gasteiger charge is 2.31. The van der Waals surface area contributed by atoms with E-state index in [-0.39, 0.29) is 0 Å². The molecule has 1 N–H and O–H groups in total. The van der Waals surface area contributed by atoms with Crippen LogP contribution < -0.4 is 0 Å². The zero-order chi connectivity index (χ0) is 13.9. The molecular weight excluding hydrogens is 252 g/mol. The molecule has 0 aliphatic carbocycles. The summed E-state index contributed by atoms with van der Waals surface area (Å²) in [5.74, 6) is -0.768. The first kappa shape index (κ1) is 12.8. The van der Waals surface area contributed by atoms with Gasteiger partial charge in [-0.3, -0.25) is 14.7 Å². The summed E-state index contributed by atoms with van der Waals surface area (Å²) in [5.41, 5.74) is 3.25. The molecule has 0 saturated heterocycles. The first-order valence-corrected chi connectivity index (χ1v) is 6.67. The topological polar surface area (TPSA) is 53.4 Å². The van der Waals surface area contributed by atoms with Crippen molar-refractivity contribution in [3.8, 4) is 0 Å². The Bertz CT molecular complexity index is 613. The fraction of sp³-hybridized carbons (Fsp3) is 0.250. The summed E-state index contributed by atoms with van der Waals surface area (Å²) in [6.45, 7) is 1.22. The van der Waals surface area contributed by atoms with Crippen LogP contribution in [-0.2, 0) is 24.3 Å². The van der Waals surface area contributed by atoms with Crippen LogP contribution in [-0.4, -0.2) is 27.0 Å². The van der Waals surface area contributed by atoms with Gasteiger partial charge in [-0.25, -0.2) is 0 Å². The number of aliphatic carboxylic acids is 1. The van der Waals surface area contributed by atoms with Crippen molar-refractivity contribution in [2.75, 3.05) is 0 Å². The number of carboxylic acids is 1. The van der Waals surface area contributed by atoms with E-state index in [2.05, 4.69) is 11.1 Å². The monoisotopic (exact) mass is 268 g/mol. The van der Waals surface area contributed by atoms with Crippen LogP contribution in [0.5, 0.6) is 0 Å². The zero-order valence-electron chi connectivity index (χ0n) is 11.1. The van der Waals surface area contributed by atoms with E-state index in [9.17, 15) is 9.90 Å². The van der Waals surface area contributed by atoms with E-state index in [1.165, 1.54) is 5.56 Å². The number of hydrogen-bond donors (Lipinski definition) is 1. The molecule has 0 bridgehead atoms. The van der Waals surface area contributed by atoms with Crippen LogP contribution in [0.25, 0.3) is 0 Å². The van der Waals surface area contributed by atoms with Gasteiger partial charge < -0.3 is 5.11 Å². The SMILES string of the molecule is O=C(O)[C@H]1Cc2ccccc2CN1Cc1ccccn1. The summed E-state index contributed by atoms with van der Waals surface area (Å²) in [4.78, 5) is 17.8. The van der Waals surface area contributed by atoms with Crippen molar-refractivity contribution < 1.29 is 9.90 Å². The number of fused-ring (bicyclic) bond motifs is 1. The Balaban J connectivity index is 1.87. The molecule has 20 heavy (non-hydrogen) atoms. The van der Waals surface area contributed by atoms with Gasteiger partial charge in [0.25, 0.3) is 0 Å². The number of carboxylic acid groups (broad SMARTS) is 1. The molecule has 0 radical (unpaired) electrons. The molecule has 1 aromatic carbocycles. The number of benzene rings is 1. The second kappa shape index (κ2) is 5.43. The maximum Gasteiger partial charge on any atom is 0.321 e. The molecule has 0 spiro atoms. The standard InChI is InChI=1S/C16H16N2O2/c19-16(20)15-9-12-5-1-2-6-13(12)10-18(15)11-14-7-3-4-8-17-14/h1-8,15H,9-11H2,(H,19,20)/t15-/m1/s1. The Morgan fingerprint density at radius 3 is 2.65 bits per heavy atom. The number of aromatic nitrogens is 1. The number of nitrogens with zero attached hydrogens (tertiary/aromatic N) is 2. The number of carbonyl (C=O) groups is 1. The Labute approximate surface area is 117 Å². The number of hydrogen-bond acceptors (Lipinski definition) is 3. The third-order valence-corrected chi connectivity index (χ3v) is 3.72. The van der Waals surface area contributed by atoms with Crippen LogP contribution in [0.3, 0.4) is 0 Å². The molecule has 0 fully saturated rings. The van der Waals surface area contributed by atoms with Gasteiger partial charge in [0.1, 0.15) is 6.04 Å². The van der Waals surface area contributed by atoms with E-state index >= 15 is 0 Å². The maximum atomic E-state index is 11.5. The highest BCUT2D eigenvalue weighted by Crippen LogP contribution is 2.24. The lowest BCUT2D eigenvalue weighted by molar-refractivity contribution is -0.144.